The van der Waals surface area contributed by atoms with E-state index in [9.17, 15) is 9.90 Å². The largest absolute Gasteiger partial charge is 0.389 e. The molecule has 18 heavy (non-hydrogen) atoms. The van der Waals surface area contributed by atoms with Gasteiger partial charge in [-0.1, -0.05) is 13.8 Å². The van der Waals surface area contributed by atoms with Crippen LogP contribution in [-0.4, -0.2) is 47.7 Å². The van der Waals surface area contributed by atoms with Crippen molar-refractivity contribution in [3.8, 4) is 0 Å². The van der Waals surface area contributed by atoms with Crippen molar-refractivity contribution in [2.24, 2.45) is 5.92 Å². The molecule has 1 rings (SSSR count). The van der Waals surface area contributed by atoms with Crippen LogP contribution < -0.4 is 5.32 Å². The molecule has 0 unspecified atom stereocenters. The number of rotatable bonds is 6. The summed E-state index contributed by atoms with van der Waals surface area (Å²) in [6.45, 7) is 9.31. The highest BCUT2D eigenvalue weighted by Crippen LogP contribution is 2.22. The van der Waals surface area contributed by atoms with E-state index >= 15 is 0 Å². The maximum atomic E-state index is 11.7. The highest BCUT2D eigenvalue weighted by molar-refractivity contribution is 5.78. The second kappa shape index (κ2) is 7.10. The van der Waals surface area contributed by atoms with Crippen LogP contribution in [0.5, 0.6) is 0 Å². The maximum absolute atomic E-state index is 11.7. The smallest absolute Gasteiger partial charge is 0.223 e. The number of piperidine rings is 1. The van der Waals surface area contributed by atoms with Gasteiger partial charge in [-0.15, -0.1) is 0 Å². The summed E-state index contributed by atoms with van der Waals surface area (Å²) in [4.78, 5) is 14.0. The fraction of sp³-hybridized carbons (Fsp3) is 0.929. The second-order valence-electron chi connectivity index (χ2n) is 5.38. The molecule has 1 amide bonds. The number of amides is 1. The van der Waals surface area contributed by atoms with E-state index in [-0.39, 0.29) is 11.8 Å². The molecule has 4 heteroatoms. The first kappa shape index (κ1) is 15.4. The summed E-state index contributed by atoms with van der Waals surface area (Å²) in [5.74, 6) is 0.357. The van der Waals surface area contributed by atoms with E-state index in [0.717, 1.165) is 45.3 Å². The van der Waals surface area contributed by atoms with Gasteiger partial charge in [-0.25, -0.2) is 0 Å². The van der Waals surface area contributed by atoms with Crippen LogP contribution in [0.2, 0.25) is 0 Å². The maximum Gasteiger partial charge on any atom is 0.223 e. The van der Waals surface area contributed by atoms with Crippen molar-refractivity contribution >= 4 is 5.91 Å². The van der Waals surface area contributed by atoms with Crippen LogP contribution in [0.4, 0.5) is 0 Å². The molecular formula is C14H28N2O2. The van der Waals surface area contributed by atoms with Crippen LogP contribution in [-0.2, 0) is 4.79 Å². The Bertz CT molecular complexity index is 257. The second-order valence-corrected chi connectivity index (χ2v) is 5.38. The molecule has 2 N–H and O–H groups in total. The number of carbonyl (C=O) groups is 1. The third kappa shape index (κ3) is 4.25. The molecule has 1 aliphatic heterocycles. The number of likely N-dealkylation sites (tertiary alicyclic amines) is 1. The Morgan fingerprint density at radius 1 is 1.28 bits per heavy atom. The highest BCUT2D eigenvalue weighted by atomic mass is 16.3. The van der Waals surface area contributed by atoms with E-state index < -0.39 is 5.60 Å². The van der Waals surface area contributed by atoms with Gasteiger partial charge < -0.3 is 15.3 Å². The lowest BCUT2D eigenvalue weighted by Crippen LogP contribution is -2.47. The summed E-state index contributed by atoms with van der Waals surface area (Å²) in [6.07, 6.45) is 3.41. The van der Waals surface area contributed by atoms with Crippen LogP contribution in [0.3, 0.4) is 0 Å². The number of hydrogen-bond donors (Lipinski definition) is 2. The van der Waals surface area contributed by atoms with Gasteiger partial charge in [0.25, 0.3) is 0 Å². The molecule has 106 valence electrons. The molecule has 1 heterocycles. The van der Waals surface area contributed by atoms with Gasteiger partial charge in [0.05, 0.1) is 5.60 Å². The summed E-state index contributed by atoms with van der Waals surface area (Å²) in [7, 11) is 0. The van der Waals surface area contributed by atoms with Crippen LogP contribution >= 0.6 is 0 Å². The molecule has 0 saturated carbocycles. The minimum Gasteiger partial charge on any atom is -0.389 e. The molecule has 0 atom stereocenters. The topological polar surface area (TPSA) is 52.6 Å². The molecule has 4 nitrogen and oxygen atoms in total. The monoisotopic (exact) mass is 256 g/mol. The summed E-state index contributed by atoms with van der Waals surface area (Å²) in [5, 5.41) is 13.2. The number of nitrogens with zero attached hydrogens (tertiary/aromatic N) is 1. The molecule has 1 aliphatic rings. The molecule has 0 radical (unpaired) electrons. The third-order valence-electron chi connectivity index (χ3n) is 4.14. The van der Waals surface area contributed by atoms with Gasteiger partial charge in [0, 0.05) is 19.0 Å². The summed E-state index contributed by atoms with van der Waals surface area (Å²) in [6, 6.07) is 0. The predicted molar refractivity (Wildman–Crippen MR) is 73.4 cm³/mol. The first-order valence-electron chi connectivity index (χ1n) is 7.27. The van der Waals surface area contributed by atoms with Crippen molar-refractivity contribution in [3.05, 3.63) is 0 Å². The standard InChI is InChI=1S/C14H28N2O2/c1-4-14(18,5-2)11-16-9-7-12(8-10-16)13(17)15-6-3/h12,18H,4-11H2,1-3H3,(H,15,17). The lowest BCUT2D eigenvalue weighted by molar-refractivity contribution is -0.126. The molecular weight excluding hydrogens is 228 g/mol. The van der Waals surface area contributed by atoms with Crippen LogP contribution in [0.1, 0.15) is 46.5 Å². The Hall–Kier alpha value is -0.610. The molecule has 1 saturated heterocycles. The van der Waals surface area contributed by atoms with E-state index in [0.29, 0.717) is 6.54 Å². The highest BCUT2D eigenvalue weighted by Gasteiger charge is 2.30. The quantitative estimate of drug-likeness (QED) is 0.755. The van der Waals surface area contributed by atoms with Gasteiger partial charge in [0.2, 0.25) is 5.91 Å². The van der Waals surface area contributed by atoms with Crippen molar-refractivity contribution in [2.45, 2.75) is 52.1 Å². The predicted octanol–water partition coefficient (Wildman–Crippen LogP) is 1.39. The van der Waals surface area contributed by atoms with Crippen molar-refractivity contribution in [2.75, 3.05) is 26.2 Å². The van der Waals surface area contributed by atoms with Crippen LogP contribution in [0, 0.1) is 5.92 Å². The van der Waals surface area contributed by atoms with E-state index in [1.54, 1.807) is 0 Å². The van der Waals surface area contributed by atoms with E-state index in [4.69, 9.17) is 0 Å². The molecule has 0 aliphatic carbocycles. The van der Waals surface area contributed by atoms with Gasteiger partial charge in [-0.3, -0.25) is 4.79 Å². The number of carbonyl (C=O) groups excluding carboxylic acids is 1. The Morgan fingerprint density at radius 3 is 2.28 bits per heavy atom. The summed E-state index contributed by atoms with van der Waals surface area (Å²) < 4.78 is 0. The molecule has 1 fully saturated rings. The van der Waals surface area contributed by atoms with Crippen molar-refractivity contribution in [1.29, 1.82) is 0 Å². The lowest BCUT2D eigenvalue weighted by Gasteiger charge is -2.37. The van der Waals surface area contributed by atoms with Gasteiger partial charge in [-0.2, -0.15) is 0 Å². The molecule has 0 spiro atoms. The third-order valence-corrected chi connectivity index (χ3v) is 4.14. The summed E-state index contributed by atoms with van der Waals surface area (Å²) >= 11 is 0. The zero-order valence-electron chi connectivity index (χ0n) is 12.0. The first-order valence-corrected chi connectivity index (χ1v) is 7.27. The summed E-state index contributed by atoms with van der Waals surface area (Å²) in [5.41, 5.74) is -0.557. The van der Waals surface area contributed by atoms with Crippen LogP contribution in [0.25, 0.3) is 0 Å². The lowest BCUT2D eigenvalue weighted by atomic mass is 9.92. The van der Waals surface area contributed by atoms with E-state index in [1.807, 2.05) is 20.8 Å². The average Bonchev–Trinajstić information content (AvgIpc) is 2.39. The van der Waals surface area contributed by atoms with Gasteiger partial charge in [0.1, 0.15) is 0 Å². The minimum absolute atomic E-state index is 0.164. The molecule has 0 aromatic heterocycles. The van der Waals surface area contributed by atoms with Crippen LogP contribution in [0.15, 0.2) is 0 Å². The average molecular weight is 256 g/mol. The zero-order valence-corrected chi connectivity index (χ0v) is 12.0. The number of aliphatic hydroxyl groups is 1. The van der Waals surface area contributed by atoms with Crippen molar-refractivity contribution < 1.29 is 9.90 Å². The minimum atomic E-state index is -0.557. The van der Waals surface area contributed by atoms with Crippen molar-refractivity contribution in [1.82, 2.24) is 10.2 Å². The van der Waals surface area contributed by atoms with Crippen molar-refractivity contribution in [3.63, 3.8) is 0 Å². The Balaban J connectivity index is 2.37. The fourth-order valence-electron chi connectivity index (χ4n) is 2.56. The number of hydrogen-bond acceptors (Lipinski definition) is 3. The fourth-order valence-corrected chi connectivity index (χ4v) is 2.56. The zero-order chi connectivity index (χ0) is 13.6. The number of nitrogens with one attached hydrogen (secondary N) is 1. The molecule has 0 aromatic carbocycles. The van der Waals surface area contributed by atoms with Gasteiger partial charge in [0.15, 0.2) is 0 Å². The SMILES string of the molecule is CCNC(=O)C1CCN(CC(O)(CC)CC)CC1. The van der Waals surface area contributed by atoms with Gasteiger partial charge >= 0.3 is 0 Å². The normalized spacial score (nSPS) is 18.9. The van der Waals surface area contributed by atoms with E-state index in [2.05, 4.69) is 10.2 Å². The van der Waals surface area contributed by atoms with E-state index in [1.165, 1.54) is 0 Å². The Morgan fingerprint density at radius 2 is 1.83 bits per heavy atom. The number of β-amino-alcohol motifs (C(OH)–C–C–N with tert-alkyl or cyclic N) is 1. The van der Waals surface area contributed by atoms with Gasteiger partial charge in [-0.05, 0) is 45.7 Å². The molecule has 0 aromatic rings. The molecule has 0 bridgehead atoms. The first-order chi connectivity index (χ1) is 8.54. The Kier molecular flexibility index (Phi) is 6.09. The Labute approximate surface area is 111 Å².